The number of carbonyl (C=O) groups is 1. The van der Waals surface area contributed by atoms with Gasteiger partial charge in [0, 0.05) is 0 Å². The first-order chi connectivity index (χ1) is 9.99. The van der Waals surface area contributed by atoms with Crippen molar-refractivity contribution in [3.05, 3.63) is 52.6 Å². The maximum absolute atomic E-state index is 12.5. The van der Waals surface area contributed by atoms with E-state index in [1.54, 1.807) is 6.20 Å². The summed E-state index contributed by atoms with van der Waals surface area (Å²) in [5, 5.41) is 9.06. The van der Waals surface area contributed by atoms with E-state index in [9.17, 15) is 9.59 Å². The lowest BCUT2D eigenvalue weighted by Gasteiger charge is -2.13. The minimum atomic E-state index is -1.05. The highest BCUT2D eigenvalue weighted by atomic mass is 16.4. The molecule has 0 saturated carbocycles. The van der Waals surface area contributed by atoms with Crippen molar-refractivity contribution in [1.29, 1.82) is 0 Å². The number of hydrogen-bond acceptors (Lipinski definition) is 3. The summed E-state index contributed by atoms with van der Waals surface area (Å²) >= 11 is 0. The van der Waals surface area contributed by atoms with Gasteiger partial charge in [0.15, 0.2) is 0 Å². The topological polar surface area (TPSA) is 72.2 Å². The fourth-order valence-electron chi connectivity index (χ4n) is 2.19. The maximum Gasteiger partial charge on any atom is 0.323 e. The lowest BCUT2D eigenvalue weighted by atomic mass is 10.1. The zero-order valence-electron chi connectivity index (χ0n) is 12.1. The maximum atomic E-state index is 12.5. The van der Waals surface area contributed by atoms with E-state index in [2.05, 4.69) is 4.98 Å². The highest BCUT2D eigenvalue weighted by Crippen LogP contribution is 2.17. The molecule has 110 valence electrons. The Hall–Kier alpha value is -2.43. The van der Waals surface area contributed by atoms with Crippen LogP contribution >= 0.6 is 0 Å². The van der Waals surface area contributed by atoms with Gasteiger partial charge in [-0.05, 0) is 17.9 Å². The Bertz CT molecular complexity index is 690. The van der Waals surface area contributed by atoms with E-state index in [0.29, 0.717) is 17.8 Å². The lowest BCUT2D eigenvalue weighted by molar-refractivity contribution is -0.137. The summed E-state index contributed by atoms with van der Waals surface area (Å²) < 4.78 is 1.28. The largest absolute Gasteiger partial charge is 0.480 e. The van der Waals surface area contributed by atoms with Gasteiger partial charge in [0.05, 0.1) is 11.9 Å². The Morgan fingerprint density at radius 3 is 2.52 bits per heavy atom. The molecule has 0 unspecified atom stereocenters. The van der Waals surface area contributed by atoms with Crippen molar-refractivity contribution in [2.75, 3.05) is 0 Å². The number of benzene rings is 1. The Balaban J connectivity index is 2.58. The summed E-state index contributed by atoms with van der Waals surface area (Å²) in [5.41, 5.74) is 1.38. The van der Waals surface area contributed by atoms with Crippen LogP contribution in [0.15, 0.2) is 41.3 Å². The van der Waals surface area contributed by atoms with Crippen molar-refractivity contribution in [3.63, 3.8) is 0 Å². The molecule has 2 rings (SSSR count). The molecule has 5 nitrogen and oxygen atoms in total. The number of carboxylic acid groups (broad SMARTS) is 1. The van der Waals surface area contributed by atoms with Crippen LogP contribution < -0.4 is 5.56 Å². The summed E-state index contributed by atoms with van der Waals surface area (Å²) in [5.74, 6) is -0.762. The summed E-state index contributed by atoms with van der Waals surface area (Å²) in [6.45, 7) is 3.62. The average molecular weight is 286 g/mol. The normalized spacial score (nSPS) is 10.8. The van der Waals surface area contributed by atoms with Gasteiger partial charge in [-0.1, -0.05) is 44.2 Å². The van der Waals surface area contributed by atoms with Crippen molar-refractivity contribution < 1.29 is 9.90 Å². The SMILES string of the molecule is CC(C)Cc1ncc(-c2ccccc2)n(CC(=O)O)c1=O. The number of carboxylic acids is 1. The Labute approximate surface area is 122 Å². The molecule has 2 aromatic rings. The average Bonchev–Trinajstić information content (AvgIpc) is 2.43. The molecule has 0 aliphatic carbocycles. The number of aliphatic carboxylic acids is 1. The van der Waals surface area contributed by atoms with Crippen LogP contribution in [0.1, 0.15) is 19.5 Å². The van der Waals surface area contributed by atoms with Gasteiger partial charge >= 0.3 is 5.97 Å². The van der Waals surface area contributed by atoms with Crippen LogP contribution in [0.2, 0.25) is 0 Å². The quantitative estimate of drug-likeness (QED) is 0.914. The lowest BCUT2D eigenvalue weighted by Crippen LogP contribution is -2.30. The van der Waals surface area contributed by atoms with Crippen LogP contribution in [0.5, 0.6) is 0 Å². The van der Waals surface area contributed by atoms with Crippen molar-refractivity contribution in [1.82, 2.24) is 9.55 Å². The zero-order valence-corrected chi connectivity index (χ0v) is 12.1. The van der Waals surface area contributed by atoms with E-state index in [-0.39, 0.29) is 18.0 Å². The minimum Gasteiger partial charge on any atom is -0.480 e. The second-order valence-electron chi connectivity index (χ2n) is 5.34. The van der Waals surface area contributed by atoms with Gasteiger partial charge in [-0.2, -0.15) is 0 Å². The van der Waals surface area contributed by atoms with Gasteiger partial charge in [-0.25, -0.2) is 0 Å². The van der Waals surface area contributed by atoms with Crippen LogP contribution in [0.4, 0.5) is 0 Å². The molecule has 0 spiro atoms. The van der Waals surface area contributed by atoms with Gasteiger partial charge in [0.25, 0.3) is 5.56 Å². The first-order valence-corrected chi connectivity index (χ1v) is 6.85. The molecule has 0 fully saturated rings. The third kappa shape index (κ3) is 3.56. The van der Waals surface area contributed by atoms with Gasteiger partial charge in [0.1, 0.15) is 12.2 Å². The van der Waals surface area contributed by atoms with Gasteiger partial charge in [-0.3, -0.25) is 19.1 Å². The minimum absolute atomic E-state index is 0.283. The monoisotopic (exact) mass is 286 g/mol. The van der Waals surface area contributed by atoms with Crippen LogP contribution in [0, 0.1) is 5.92 Å². The van der Waals surface area contributed by atoms with E-state index in [4.69, 9.17) is 5.11 Å². The van der Waals surface area contributed by atoms with Crippen LogP contribution in [0.25, 0.3) is 11.3 Å². The van der Waals surface area contributed by atoms with Crippen molar-refractivity contribution in [3.8, 4) is 11.3 Å². The highest BCUT2D eigenvalue weighted by molar-refractivity contribution is 5.68. The van der Waals surface area contributed by atoms with E-state index in [0.717, 1.165) is 5.56 Å². The molecular weight excluding hydrogens is 268 g/mol. The second kappa shape index (κ2) is 6.35. The van der Waals surface area contributed by atoms with Gasteiger partial charge in [0.2, 0.25) is 0 Å². The molecule has 0 aliphatic rings. The van der Waals surface area contributed by atoms with Crippen molar-refractivity contribution in [2.24, 2.45) is 5.92 Å². The van der Waals surface area contributed by atoms with Gasteiger partial charge < -0.3 is 5.11 Å². The zero-order chi connectivity index (χ0) is 15.4. The fraction of sp³-hybridized carbons (Fsp3) is 0.312. The molecule has 0 saturated heterocycles. The summed E-state index contributed by atoms with van der Waals surface area (Å²) in [6, 6.07) is 9.21. The number of hydrogen-bond donors (Lipinski definition) is 1. The predicted molar refractivity (Wildman–Crippen MR) is 80.1 cm³/mol. The van der Waals surface area contributed by atoms with E-state index in [1.165, 1.54) is 4.57 Å². The van der Waals surface area contributed by atoms with Crippen LogP contribution in [-0.4, -0.2) is 20.6 Å². The molecule has 1 heterocycles. The molecule has 1 N–H and O–H groups in total. The number of aromatic nitrogens is 2. The Kier molecular flexibility index (Phi) is 4.52. The number of nitrogens with zero attached hydrogens (tertiary/aromatic N) is 2. The Morgan fingerprint density at radius 1 is 1.29 bits per heavy atom. The fourth-order valence-corrected chi connectivity index (χ4v) is 2.19. The summed E-state index contributed by atoms with van der Waals surface area (Å²) in [4.78, 5) is 27.8. The van der Waals surface area contributed by atoms with Crippen LogP contribution in [0.3, 0.4) is 0 Å². The summed E-state index contributed by atoms with van der Waals surface area (Å²) in [7, 11) is 0. The molecule has 1 aromatic heterocycles. The Morgan fingerprint density at radius 2 is 1.95 bits per heavy atom. The first kappa shape index (κ1) is 15.0. The van der Waals surface area contributed by atoms with Crippen LogP contribution in [-0.2, 0) is 17.8 Å². The van der Waals surface area contributed by atoms with Crippen molar-refractivity contribution >= 4 is 5.97 Å². The van der Waals surface area contributed by atoms with Crippen molar-refractivity contribution in [2.45, 2.75) is 26.8 Å². The van der Waals surface area contributed by atoms with E-state index < -0.39 is 5.97 Å². The van der Waals surface area contributed by atoms with E-state index >= 15 is 0 Å². The number of rotatable bonds is 5. The molecule has 0 bridgehead atoms. The predicted octanol–water partition coefficient (Wildman–Crippen LogP) is 2.19. The first-order valence-electron chi connectivity index (χ1n) is 6.85. The second-order valence-corrected chi connectivity index (χ2v) is 5.34. The summed E-state index contributed by atoms with van der Waals surface area (Å²) in [6.07, 6.45) is 2.12. The molecule has 1 aromatic carbocycles. The molecule has 0 radical (unpaired) electrons. The highest BCUT2D eigenvalue weighted by Gasteiger charge is 2.14. The smallest absolute Gasteiger partial charge is 0.323 e. The third-order valence-corrected chi connectivity index (χ3v) is 3.09. The standard InChI is InChI=1S/C16H18N2O3/c1-11(2)8-13-16(21)18(10-15(19)20)14(9-17-13)12-6-4-3-5-7-12/h3-7,9,11H,8,10H2,1-2H3,(H,19,20). The molecule has 0 atom stereocenters. The molecule has 0 aliphatic heterocycles. The molecular formula is C16H18N2O3. The molecule has 21 heavy (non-hydrogen) atoms. The molecule has 0 amide bonds. The van der Waals surface area contributed by atoms with E-state index in [1.807, 2.05) is 44.2 Å². The third-order valence-electron chi connectivity index (χ3n) is 3.09. The molecule has 5 heteroatoms. The van der Waals surface area contributed by atoms with Gasteiger partial charge in [-0.15, -0.1) is 0 Å².